The van der Waals surface area contributed by atoms with Crippen molar-refractivity contribution in [1.82, 2.24) is 5.32 Å². The molecule has 1 fully saturated rings. The molecule has 1 aliphatic rings. The van der Waals surface area contributed by atoms with E-state index in [1.807, 2.05) is 0 Å². The SMILES string of the molecule is O=C(O)/C=C/c1cccc(NC(=O)CC2CNCCO2)c1. The van der Waals surface area contributed by atoms with Gasteiger partial charge in [-0.1, -0.05) is 12.1 Å². The number of aliphatic carboxylic acids is 1. The molecule has 2 rings (SSSR count). The van der Waals surface area contributed by atoms with Crippen molar-refractivity contribution in [2.24, 2.45) is 0 Å². The van der Waals surface area contributed by atoms with Crippen molar-refractivity contribution in [1.29, 1.82) is 0 Å². The number of ether oxygens (including phenoxy) is 1. The number of carboxylic acids is 1. The molecule has 0 saturated carbocycles. The first-order chi connectivity index (χ1) is 10.1. The van der Waals surface area contributed by atoms with Crippen LogP contribution in [0.15, 0.2) is 30.3 Å². The third-order valence-electron chi connectivity index (χ3n) is 3.01. The number of hydrogen-bond donors (Lipinski definition) is 3. The van der Waals surface area contributed by atoms with Gasteiger partial charge in [0.1, 0.15) is 0 Å². The van der Waals surface area contributed by atoms with Crippen LogP contribution in [0.3, 0.4) is 0 Å². The van der Waals surface area contributed by atoms with Crippen LogP contribution in [0.5, 0.6) is 0 Å². The molecule has 6 nitrogen and oxygen atoms in total. The summed E-state index contributed by atoms with van der Waals surface area (Å²) in [5, 5.41) is 14.6. The summed E-state index contributed by atoms with van der Waals surface area (Å²) in [6.45, 7) is 2.11. The van der Waals surface area contributed by atoms with Crippen molar-refractivity contribution >= 4 is 23.6 Å². The fourth-order valence-electron chi connectivity index (χ4n) is 2.06. The first-order valence-corrected chi connectivity index (χ1v) is 6.77. The highest BCUT2D eigenvalue weighted by molar-refractivity contribution is 5.91. The van der Waals surface area contributed by atoms with Crippen molar-refractivity contribution in [3.63, 3.8) is 0 Å². The topological polar surface area (TPSA) is 87.7 Å². The van der Waals surface area contributed by atoms with Gasteiger partial charge in [0, 0.05) is 24.9 Å². The van der Waals surface area contributed by atoms with Crippen molar-refractivity contribution < 1.29 is 19.4 Å². The second-order valence-electron chi connectivity index (χ2n) is 4.75. The molecular weight excluding hydrogens is 272 g/mol. The monoisotopic (exact) mass is 290 g/mol. The van der Waals surface area contributed by atoms with Gasteiger partial charge in [-0.25, -0.2) is 4.79 Å². The van der Waals surface area contributed by atoms with E-state index in [-0.39, 0.29) is 12.0 Å². The lowest BCUT2D eigenvalue weighted by atomic mass is 10.1. The summed E-state index contributed by atoms with van der Waals surface area (Å²) in [5.41, 5.74) is 1.35. The fourth-order valence-corrected chi connectivity index (χ4v) is 2.06. The van der Waals surface area contributed by atoms with E-state index < -0.39 is 5.97 Å². The minimum absolute atomic E-state index is 0.103. The van der Waals surface area contributed by atoms with Crippen LogP contribution in [0.25, 0.3) is 6.08 Å². The normalized spacial score (nSPS) is 18.6. The molecule has 0 spiro atoms. The van der Waals surface area contributed by atoms with E-state index in [1.54, 1.807) is 24.3 Å². The Morgan fingerprint density at radius 1 is 1.48 bits per heavy atom. The molecule has 1 aromatic carbocycles. The van der Waals surface area contributed by atoms with Crippen molar-refractivity contribution in [3.8, 4) is 0 Å². The van der Waals surface area contributed by atoms with Gasteiger partial charge in [0.25, 0.3) is 0 Å². The molecule has 1 atom stereocenters. The van der Waals surface area contributed by atoms with Gasteiger partial charge in [0.2, 0.25) is 5.91 Å². The zero-order valence-electron chi connectivity index (χ0n) is 11.5. The van der Waals surface area contributed by atoms with Crippen LogP contribution in [0.1, 0.15) is 12.0 Å². The highest BCUT2D eigenvalue weighted by Gasteiger charge is 2.17. The van der Waals surface area contributed by atoms with Gasteiger partial charge < -0.3 is 20.5 Å². The Hall–Kier alpha value is -2.18. The van der Waals surface area contributed by atoms with Crippen LogP contribution in [0.4, 0.5) is 5.69 Å². The number of anilines is 1. The van der Waals surface area contributed by atoms with Crippen molar-refractivity contribution in [2.75, 3.05) is 25.0 Å². The zero-order valence-corrected chi connectivity index (χ0v) is 11.5. The Morgan fingerprint density at radius 3 is 3.05 bits per heavy atom. The summed E-state index contributed by atoms with van der Waals surface area (Å²) in [7, 11) is 0. The molecule has 21 heavy (non-hydrogen) atoms. The summed E-state index contributed by atoms with van der Waals surface area (Å²) in [6, 6.07) is 7.01. The Morgan fingerprint density at radius 2 is 2.33 bits per heavy atom. The van der Waals surface area contributed by atoms with Gasteiger partial charge in [-0.2, -0.15) is 0 Å². The second kappa shape index (κ2) is 7.56. The molecule has 112 valence electrons. The van der Waals surface area contributed by atoms with Gasteiger partial charge in [0.05, 0.1) is 19.1 Å². The summed E-state index contributed by atoms with van der Waals surface area (Å²) >= 11 is 0. The standard InChI is InChI=1S/C15H18N2O4/c18-14(9-13-10-16-6-7-21-13)17-12-3-1-2-11(8-12)4-5-15(19)20/h1-5,8,13,16H,6-7,9-10H2,(H,17,18)(H,19,20)/b5-4+. The highest BCUT2D eigenvalue weighted by atomic mass is 16.5. The number of nitrogens with one attached hydrogen (secondary N) is 2. The number of benzene rings is 1. The molecule has 0 aliphatic carbocycles. The number of carboxylic acid groups (broad SMARTS) is 1. The predicted octanol–water partition coefficient (Wildman–Crippen LogP) is 1.10. The second-order valence-corrected chi connectivity index (χ2v) is 4.75. The maximum atomic E-state index is 11.9. The predicted molar refractivity (Wildman–Crippen MR) is 79.0 cm³/mol. The van der Waals surface area contributed by atoms with Crippen molar-refractivity contribution in [2.45, 2.75) is 12.5 Å². The van der Waals surface area contributed by atoms with Gasteiger partial charge in [-0.15, -0.1) is 0 Å². The number of hydrogen-bond acceptors (Lipinski definition) is 4. The minimum Gasteiger partial charge on any atom is -0.478 e. The molecule has 1 amide bonds. The summed E-state index contributed by atoms with van der Waals surface area (Å²) in [4.78, 5) is 22.4. The zero-order chi connectivity index (χ0) is 15.1. The number of carbonyl (C=O) groups is 2. The van der Waals surface area contributed by atoms with E-state index in [2.05, 4.69) is 10.6 Å². The molecule has 0 aromatic heterocycles. The first-order valence-electron chi connectivity index (χ1n) is 6.77. The number of morpholine rings is 1. The molecule has 1 saturated heterocycles. The summed E-state index contributed by atoms with van der Waals surface area (Å²) in [5.74, 6) is -1.13. The summed E-state index contributed by atoms with van der Waals surface area (Å²) < 4.78 is 5.48. The van der Waals surface area contributed by atoms with Gasteiger partial charge in [-0.05, 0) is 23.8 Å². The Bertz CT molecular complexity index is 536. The molecule has 1 heterocycles. The molecule has 1 unspecified atom stereocenters. The van der Waals surface area contributed by atoms with E-state index in [0.29, 0.717) is 30.8 Å². The first kappa shape index (κ1) is 15.2. The summed E-state index contributed by atoms with van der Waals surface area (Å²) in [6.07, 6.45) is 2.73. The lowest BCUT2D eigenvalue weighted by molar-refractivity contribution is -0.131. The smallest absolute Gasteiger partial charge is 0.328 e. The van der Waals surface area contributed by atoms with Crippen LogP contribution in [0, 0.1) is 0 Å². The number of carbonyl (C=O) groups excluding carboxylic acids is 1. The van der Waals surface area contributed by atoms with E-state index >= 15 is 0 Å². The third kappa shape index (κ3) is 5.37. The maximum absolute atomic E-state index is 11.9. The highest BCUT2D eigenvalue weighted by Crippen LogP contribution is 2.13. The Labute approximate surface area is 122 Å². The minimum atomic E-state index is -1.01. The van der Waals surface area contributed by atoms with Gasteiger partial charge in [-0.3, -0.25) is 4.79 Å². The van der Waals surface area contributed by atoms with Gasteiger partial charge >= 0.3 is 5.97 Å². The molecular formula is C15H18N2O4. The molecule has 1 aromatic rings. The molecule has 0 bridgehead atoms. The number of amides is 1. The third-order valence-corrected chi connectivity index (χ3v) is 3.01. The van der Waals surface area contributed by atoms with Crippen LogP contribution in [-0.4, -0.2) is 42.8 Å². The molecule has 0 radical (unpaired) electrons. The number of rotatable bonds is 5. The lowest BCUT2D eigenvalue weighted by Gasteiger charge is -2.23. The average Bonchev–Trinajstić information content (AvgIpc) is 2.46. The maximum Gasteiger partial charge on any atom is 0.328 e. The van der Waals surface area contributed by atoms with Crippen molar-refractivity contribution in [3.05, 3.63) is 35.9 Å². The van der Waals surface area contributed by atoms with Gasteiger partial charge in [0.15, 0.2) is 0 Å². The Kier molecular flexibility index (Phi) is 5.48. The average molecular weight is 290 g/mol. The van der Waals surface area contributed by atoms with Crippen LogP contribution in [-0.2, 0) is 14.3 Å². The Balaban J connectivity index is 1.90. The molecule has 6 heteroatoms. The van der Waals surface area contributed by atoms with E-state index in [1.165, 1.54) is 6.08 Å². The van der Waals surface area contributed by atoms with Crippen LogP contribution in [0.2, 0.25) is 0 Å². The lowest BCUT2D eigenvalue weighted by Crippen LogP contribution is -2.40. The van der Waals surface area contributed by atoms with Crippen LogP contribution >= 0.6 is 0 Å². The van der Waals surface area contributed by atoms with Crippen LogP contribution < -0.4 is 10.6 Å². The van der Waals surface area contributed by atoms with E-state index in [9.17, 15) is 9.59 Å². The largest absolute Gasteiger partial charge is 0.478 e. The van der Waals surface area contributed by atoms with E-state index in [0.717, 1.165) is 12.6 Å². The molecule has 1 aliphatic heterocycles. The van der Waals surface area contributed by atoms with E-state index in [4.69, 9.17) is 9.84 Å². The fraction of sp³-hybridized carbons (Fsp3) is 0.333. The quantitative estimate of drug-likeness (QED) is 0.707. The molecule has 3 N–H and O–H groups in total.